The van der Waals surface area contributed by atoms with Gasteiger partial charge in [0.15, 0.2) is 5.13 Å². The van der Waals surface area contributed by atoms with E-state index < -0.39 is 0 Å². The number of aromatic nitrogens is 1. The Morgan fingerprint density at radius 3 is 2.90 bits per heavy atom. The van der Waals surface area contributed by atoms with Gasteiger partial charge in [-0.2, -0.15) is 0 Å². The molecule has 0 saturated heterocycles. The zero-order chi connectivity index (χ0) is 15.0. The monoisotopic (exact) mass is 300 g/mol. The first-order chi connectivity index (χ1) is 9.58. The molecule has 1 amide bonds. The number of aliphatic hydroxyl groups is 1. The molecule has 0 saturated carbocycles. The zero-order valence-electron chi connectivity index (χ0n) is 12.1. The Hall–Kier alpha value is -1.34. The van der Waals surface area contributed by atoms with E-state index in [-0.39, 0.29) is 24.2 Å². The number of carbonyl (C=O) groups excluding carboxylic acids is 1. The first-order valence-electron chi connectivity index (χ1n) is 6.97. The molecule has 1 rings (SSSR count). The second-order valence-electron chi connectivity index (χ2n) is 4.85. The Kier molecular flexibility index (Phi) is 7.32. The second kappa shape index (κ2) is 8.76. The maximum atomic E-state index is 12.0. The summed E-state index contributed by atoms with van der Waals surface area (Å²) in [4.78, 5) is 16.6. The van der Waals surface area contributed by atoms with Crippen molar-refractivity contribution in [1.82, 2.24) is 10.3 Å². The van der Waals surface area contributed by atoms with Crippen LogP contribution in [0.25, 0.3) is 0 Å². The molecule has 1 aromatic rings. The number of nitrogens with zero attached hydrogens (tertiary/aromatic N) is 1. The van der Waals surface area contributed by atoms with E-state index in [1.54, 1.807) is 0 Å². The normalized spacial score (nSPS) is 12.2. The molecule has 114 valence electrons. The van der Waals surface area contributed by atoms with Crippen LogP contribution in [0.2, 0.25) is 0 Å². The predicted molar refractivity (Wildman–Crippen MR) is 83.1 cm³/mol. The molecule has 0 fully saturated rings. The van der Waals surface area contributed by atoms with Crippen molar-refractivity contribution < 1.29 is 9.90 Å². The van der Waals surface area contributed by atoms with Gasteiger partial charge in [-0.05, 0) is 25.2 Å². The first-order valence-corrected chi connectivity index (χ1v) is 7.79. The van der Waals surface area contributed by atoms with E-state index in [4.69, 9.17) is 10.8 Å². The molecule has 7 heteroatoms. The molecule has 1 unspecified atom stereocenters. The highest BCUT2D eigenvalue weighted by molar-refractivity contribution is 7.18. The van der Waals surface area contributed by atoms with Crippen LogP contribution in [-0.2, 0) is 0 Å². The highest BCUT2D eigenvalue weighted by atomic mass is 32.1. The maximum absolute atomic E-state index is 12.0. The van der Waals surface area contributed by atoms with Gasteiger partial charge in [0.25, 0.3) is 5.91 Å². The van der Waals surface area contributed by atoms with Crippen LogP contribution in [0.4, 0.5) is 10.9 Å². The molecule has 0 aliphatic heterocycles. The summed E-state index contributed by atoms with van der Waals surface area (Å²) in [6, 6.07) is 0. The summed E-state index contributed by atoms with van der Waals surface area (Å²) >= 11 is 1.28. The van der Waals surface area contributed by atoms with Gasteiger partial charge < -0.3 is 21.5 Å². The fourth-order valence-corrected chi connectivity index (χ4v) is 2.45. The lowest BCUT2D eigenvalue weighted by atomic mass is 10.1. The van der Waals surface area contributed by atoms with E-state index in [2.05, 4.69) is 22.5 Å². The molecule has 0 aliphatic rings. The Balaban J connectivity index is 2.41. The molecule has 1 atom stereocenters. The van der Waals surface area contributed by atoms with E-state index in [0.717, 1.165) is 25.8 Å². The number of rotatable bonds is 9. The van der Waals surface area contributed by atoms with Crippen LogP contribution in [0.5, 0.6) is 0 Å². The van der Waals surface area contributed by atoms with Gasteiger partial charge in [-0.1, -0.05) is 25.2 Å². The number of aliphatic hydroxyl groups excluding tert-OH is 1. The summed E-state index contributed by atoms with van der Waals surface area (Å²) in [7, 11) is 0. The highest BCUT2D eigenvalue weighted by Crippen LogP contribution is 2.24. The smallest absolute Gasteiger partial charge is 0.265 e. The van der Waals surface area contributed by atoms with Crippen molar-refractivity contribution >= 4 is 28.2 Å². The third-order valence-corrected chi connectivity index (χ3v) is 3.88. The number of nitrogen functional groups attached to an aromatic ring is 1. The summed E-state index contributed by atoms with van der Waals surface area (Å²) < 4.78 is 0. The molecule has 6 nitrogen and oxygen atoms in total. The molecule has 0 radical (unpaired) electrons. The van der Waals surface area contributed by atoms with Gasteiger partial charge in [-0.25, -0.2) is 4.98 Å². The third kappa shape index (κ3) is 5.34. The largest absolute Gasteiger partial charge is 0.396 e. The lowest BCUT2D eigenvalue weighted by Crippen LogP contribution is -2.24. The molecule has 0 aliphatic carbocycles. The van der Waals surface area contributed by atoms with Crippen LogP contribution in [0, 0.1) is 5.92 Å². The van der Waals surface area contributed by atoms with Crippen LogP contribution in [0.1, 0.15) is 42.8 Å². The summed E-state index contributed by atoms with van der Waals surface area (Å²) in [5.41, 5.74) is 5.75. The summed E-state index contributed by atoms with van der Waals surface area (Å²) in [5, 5.41) is 15.5. The highest BCUT2D eigenvalue weighted by Gasteiger charge is 2.15. The standard InChI is InChI=1S/C13H24N4O2S/c1-3-6-16-13-17-11(14)10(20-13)12(19)15-7-4-5-9(2)8-18/h9,18H,3-8,14H2,1-2H3,(H,15,19)(H,16,17). The van der Waals surface area contributed by atoms with Crippen molar-refractivity contribution in [3.8, 4) is 0 Å². The number of amides is 1. The molecule has 5 N–H and O–H groups in total. The quantitative estimate of drug-likeness (QED) is 0.520. The topological polar surface area (TPSA) is 100 Å². The lowest BCUT2D eigenvalue weighted by molar-refractivity contribution is 0.0957. The van der Waals surface area contributed by atoms with E-state index >= 15 is 0 Å². The molecule has 0 bridgehead atoms. The Morgan fingerprint density at radius 1 is 1.50 bits per heavy atom. The van der Waals surface area contributed by atoms with Gasteiger partial charge in [-0.15, -0.1) is 0 Å². The lowest BCUT2D eigenvalue weighted by Gasteiger charge is -2.07. The average Bonchev–Trinajstić information content (AvgIpc) is 2.81. The number of thiazole rings is 1. The minimum Gasteiger partial charge on any atom is -0.396 e. The maximum Gasteiger partial charge on any atom is 0.265 e. The second-order valence-corrected chi connectivity index (χ2v) is 5.85. The number of nitrogens with two attached hydrogens (primary N) is 1. The van der Waals surface area contributed by atoms with Crippen molar-refractivity contribution in [1.29, 1.82) is 0 Å². The van der Waals surface area contributed by atoms with Crippen LogP contribution in [-0.4, -0.2) is 35.7 Å². The number of carbonyl (C=O) groups is 1. The van der Waals surface area contributed by atoms with Gasteiger partial charge in [-0.3, -0.25) is 4.79 Å². The van der Waals surface area contributed by atoms with E-state index in [9.17, 15) is 4.79 Å². The van der Waals surface area contributed by atoms with Crippen molar-refractivity contribution in [2.24, 2.45) is 5.92 Å². The van der Waals surface area contributed by atoms with Crippen molar-refractivity contribution in [2.75, 3.05) is 30.7 Å². The van der Waals surface area contributed by atoms with Crippen LogP contribution >= 0.6 is 11.3 Å². The molecular formula is C13H24N4O2S. The molecule has 1 aromatic heterocycles. The van der Waals surface area contributed by atoms with Crippen LogP contribution < -0.4 is 16.4 Å². The number of hydrogen-bond donors (Lipinski definition) is 4. The van der Waals surface area contributed by atoms with Gasteiger partial charge in [0, 0.05) is 19.7 Å². The van der Waals surface area contributed by atoms with Crippen LogP contribution in [0.15, 0.2) is 0 Å². The summed E-state index contributed by atoms with van der Waals surface area (Å²) in [6.45, 7) is 5.62. The molecule has 0 aromatic carbocycles. The third-order valence-electron chi connectivity index (χ3n) is 2.86. The van der Waals surface area contributed by atoms with Gasteiger partial charge in [0.1, 0.15) is 10.7 Å². The van der Waals surface area contributed by atoms with E-state index in [0.29, 0.717) is 16.6 Å². The fourth-order valence-electron chi connectivity index (χ4n) is 1.63. The average molecular weight is 300 g/mol. The Bertz CT molecular complexity index is 423. The van der Waals surface area contributed by atoms with E-state index in [1.807, 2.05) is 6.92 Å². The first kappa shape index (κ1) is 16.7. The Morgan fingerprint density at radius 2 is 2.25 bits per heavy atom. The summed E-state index contributed by atoms with van der Waals surface area (Å²) in [6.07, 6.45) is 2.72. The minimum atomic E-state index is -0.179. The number of nitrogens with one attached hydrogen (secondary N) is 2. The van der Waals surface area contributed by atoms with Gasteiger partial charge in [0.05, 0.1) is 0 Å². The van der Waals surface area contributed by atoms with E-state index in [1.165, 1.54) is 11.3 Å². The number of hydrogen-bond acceptors (Lipinski definition) is 6. The van der Waals surface area contributed by atoms with Crippen molar-refractivity contribution in [3.05, 3.63) is 4.88 Å². The van der Waals surface area contributed by atoms with Gasteiger partial charge in [0.2, 0.25) is 0 Å². The summed E-state index contributed by atoms with van der Waals surface area (Å²) in [5.74, 6) is 0.362. The number of anilines is 2. The molecule has 0 spiro atoms. The fraction of sp³-hybridized carbons (Fsp3) is 0.692. The van der Waals surface area contributed by atoms with Crippen molar-refractivity contribution in [2.45, 2.75) is 33.1 Å². The predicted octanol–water partition coefficient (Wildman–Crippen LogP) is 1.69. The minimum absolute atomic E-state index is 0.179. The zero-order valence-corrected chi connectivity index (χ0v) is 12.9. The van der Waals surface area contributed by atoms with Crippen LogP contribution in [0.3, 0.4) is 0 Å². The molecule has 20 heavy (non-hydrogen) atoms. The molecular weight excluding hydrogens is 276 g/mol. The Labute approximate surface area is 123 Å². The van der Waals surface area contributed by atoms with Crippen molar-refractivity contribution in [3.63, 3.8) is 0 Å². The van der Waals surface area contributed by atoms with Gasteiger partial charge >= 0.3 is 0 Å². The SMILES string of the molecule is CCCNc1nc(N)c(C(=O)NCCCC(C)CO)s1. The molecule has 1 heterocycles.